The second-order valence-electron chi connectivity index (χ2n) is 3.16. The molecule has 0 atom stereocenters. The number of benzene rings is 1. The maximum atomic E-state index is 10.6. The maximum Gasteiger partial charge on any atom is 0.346 e. The van der Waals surface area contributed by atoms with Crippen molar-refractivity contribution < 1.29 is 15.0 Å². The maximum absolute atomic E-state index is 10.6. The van der Waals surface area contributed by atoms with Crippen molar-refractivity contribution in [1.82, 2.24) is 0 Å². The van der Waals surface area contributed by atoms with Crippen LogP contribution in [-0.4, -0.2) is 21.6 Å². The molecule has 7 nitrogen and oxygen atoms in total. The first-order chi connectivity index (χ1) is 7.56. The highest BCUT2D eigenvalue weighted by atomic mass is 16.6. The van der Waals surface area contributed by atoms with Crippen molar-refractivity contribution in [2.24, 2.45) is 0 Å². The zero-order valence-corrected chi connectivity index (χ0v) is 8.33. The van der Waals surface area contributed by atoms with Crippen LogP contribution in [0.5, 0.6) is 0 Å². The van der Waals surface area contributed by atoms with Crippen LogP contribution in [0.1, 0.15) is 12.0 Å². The number of hydrogen-bond acceptors (Lipinski definition) is 5. The lowest BCUT2D eigenvalue weighted by Gasteiger charge is -2.00. The second kappa shape index (κ2) is 5.17. The van der Waals surface area contributed by atoms with Crippen molar-refractivity contribution >= 4 is 11.4 Å². The number of hydrogen-bond donors (Lipinski definition) is 1. The van der Waals surface area contributed by atoms with E-state index >= 15 is 0 Å². The lowest BCUT2D eigenvalue weighted by molar-refractivity contribution is -0.422. The van der Waals surface area contributed by atoms with E-state index in [9.17, 15) is 20.2 Å². The summed E-state index contributed by atoms with van der Waals surface area (Å²) in [7, 11) is 0. The quantitative estimate of drug-likeness (QED) is 0.603. The van der Waals surface area contributed by atoms with E-state index in [0.29, 0.717) is 18.4 Å². The molecule has 1 aromatic rings. The van der Waals surface area contributed by atoms with Crippen LogP contribution in [0.25, 0.3) is 0 Å². The highest BCUT2D eigenvalue weighted by Crippen LogP contribution is 2.27. The van der Waals surface area contributed by atoms with Crippen LogP contribution in [0, 0.1) is 20.2 Å². The van der Waals surface area contributed by atoms with E-state index in [4.69, 9.17) is 5.11 Å². The predicted octanol–water partition coefficient (Wildman–Crippen LogP) is 1.43. The minimum atomic E-state index is -0.784. The summed E-state index contributed by atoms with van der Waals surface area (Å²) in [5.74, 6) is 0. The van der Waals surface area contributed by atoms with E-state index in [0.717, 1.165) is 6.07 Å². The third-order valence-corrected chi connectivity index (χ3v) is 2.06. The third-order valence-electron chi connectivity index (χ3n) is 2.06. The van der Waals surface area contributed by atoms with E-state index in [2.05, 4.69) is 0 Å². The minimum absolute atomic E-state index is 0.0230. The Balaban J connectivity index is 3.07. The van der Waals surface area contributed by atoms with Gasteiger partial charge in [-0.25, -0.2) is 0 Å². The van der Waals surface area contributed by atoms with Crippen molar-refractivity contribution in [2.75, 3.05) is 6.61 Å². The molecule has 0 aliphatic carbocycles. The molecule has 86 valence electrons. The van der Waals surface area contributed by atoms with Crippen LogP contribution < -0.4 is 0 Å². The average Bonchev–Trinajstić information content (AvgIpc) is 2.25. The summed E-state index contributed by atoms with van der Waals surface area (Å²) in [5.41, 5.74) is -0.426. The van der Waals surface area contributed by atoms with Crippen molar-refractivity contribution in [3.8, 4) is 0 Å². The van der Waals surface area contributed by atoms with Crippen molar-refractivity contribution in [3.05, 3.63) is 44.0 Å². The van der Waals surface area contributed by atoms with Gasteiger partial charge in [-0.2, -0.15) is 0 Å². The van der Waals surface area contributed by atoms with Crippen LogP contribution in [0.15, 0.2) is 18.2 Å². The summed E-state index contributed by atoms with van der Waals surface area (Å²) < 4.78 is 0. The molecule has 0 saturated heterocycles. The largest absolute Gasteiger partial charge is 0.396 e. The number of nitro benzene ring substituents is 2. The van der Waals surface area contributed by atoms with Crippen LogP contribution >= 0.6 is 0 Å². The van der Waals surface area contributed by atoms with Gasteiger partial charge in [-0.1, -0.05) is 6.07 Å². The molecule has 1 aromatic carbocycles. The molecule has 0 aliphatic heterocycles. The fourth-order valence-electron chi connectivity index (χ4n) is 1.31. The van der Waals surface area contributed by atoms with Crippen molar-refractivity contribution in [1.29, 1.82) is 0 Å². The summed E-state index contributed by atoms with van der Waals surface area (Å²) in [5, 5.41) is 29.7. The zero-order valence-electron chi connectivity index (χ0n) is 8.33. The highest BCUT2D eigenvalue weighted by molar-refractivity contribution is 5.54. The summed E-state index contributed by atoms with van der Waals surface area (Å²) in [6.07, 6.45) is 0.921. The van der Waals surface area contributed by atoms with Gasteiger partial charge in [0.05, 0.1) is 9.85 Å². The smallest absolute Gasteiger partial charge is 0.346 e. The Morgan fingerprint density at radius 3 is 2.25 bits per heavy atom. The Hall–Kier alpha value is -2.02. The van der Waals surface area contributed by atoms with Gasteiger partial charge in [-0.05, 0) is 18.4 Å². The normalized spacial score (nSPS) is 10.1. The highest BCUT2D eigenvalue weighted by Gasteiger charge is 2.23. The van der Waals surface area contributed by atoms with E-state index in [1.54, 1.807) is 0 Å². The Morgan fingerprint density at radius 1 is 1.12 bits per heavy atom. The predicted molar refractivity (Wildman–Crippen MR) is 55.2 cm³/mol. The molecule has 0 amide bonds. The lowest BCUT2D eigenvalue weighted by atomic mass is 10.1. The van der Waals surface area contributed by atoms with Crippen LogP contribution in [0.2, 0.25) is 0 Å². The lowest BCUT2D eigenvalue weighted by Crippen LogP contribution is -1.98. The van der Waals surface area contributed by atoms with E-state index in [1.165, 1.54) is 12.1 Å². The molecule has 0 radical (unpaired) electrons. The molecule has 0 aromatic heterocycles. The molecular weight excluding hydrogens is 216 g/mol. The van der Waals surface area contributed by atoms with Crippen molar-refractivity contribution in [3.63, 3.8) is 0 Å². The standard InChI is InChI=1S/C9H10N2O5/c12-5-1-2-7-3-4-8(10(13)14)9(6-7)11(15)16/h3-4,6,12H,1-2,5H2. The number of rotatable bonds is 5. The fraction of sp³-hybridized carbons (Fsp3) is 0.333. The third kappa shape index (κ3) is 2.74. The summed E-state index contributed by atoms with van der Waals surface area (Å²) in [4.78, 5) is 19.6. The van der Waals surface area contributed by atoms with Gasteiger partial charge < -0.3 is 5.11 Å². The first-order valence-electron chi connectivity index (χ1n) is 4.59. The molecule has 0 heterocycles. The van der Waals surface area contributed by atoms with Gasteiger partial charge in [0.15, 0.2) is 0 Å². The number of aliphatic hydroxyl groups is 1. The zero-order chi connectivity index (χ0) is 12.1. The molecule has 0 saturated carbocycles. The molecule has 7 heteroatoms. The van der Waals surface area contributed by atoms with E-state index in [1.807, 2.05) is 0 Å². The number of aryl methyl sites for hydroxylation is 1. The minimum Gasteiger partial charge on any atom is -0.396 e. The molecule has 0 spiro atoms. The molecule has 0 fully saturated rings. The molecule has 0 bridgehead atoms. The number of nitro groups is 2. The number of nitrogens with zero attached hydrogens (tertiary/aromatic N) is 2. The van der Waals surface area contributed by atoms with E-state index < -0.39 is 21.2 Å². The fourth-order valence-corrected chi connectivity index (χ4v) is 1.31. The number of aliphatic hydroxyl groups excluding tert-OH is 1. The second-order valence-corrected chi connectivity index (χ2v) is 3.16. The first-order valence-corrected chi connectivity index (χ1v) is 4.59. The Kier molecular flexibility index (Phi) is 3.90. The molecule has 0 unspecified atom stereocenters. The van der Waals surface area contributed by atoms with Crippen LogP contribution in [-0.2, 0) is 6.42 Å². The topological polar surface area (TPSA) is 107 Å². The molecular formula is C9H10N2O5. The van der Waals surface area contributed by atoms with Gasteiger partial charge in [0.1, 0.15) is 0 Å². The van der Waals surface area contributed by atoms with Crippen molar-refractivity contribution in [2.45, 2.75) is 12.8 Å². The summed E-state index contributed by atoms with van der Waals surface area (Å²) in [6, 6.07) is 3.75. The molecule has 0 aliphatic rings. The molecule has 1 rings (SSSR count). The Morgan fingerprint density at radius 2 is 1.75 bits per heavy atom. The van der Waals surface area contributed by atoms with E-state index in [-0.39, 0.29) is 6.61 Å². The van der Waals surface area contributed by atoms with Crippen LogP contribution in [0.3, 0.4) is 0 Å². The van der Waals surface area contributed by atoms with Gasteiger partial charge in [0.25, 0.3) is 0 Å². The van der Waals surface area contributed by atoms with Gasteiger partial charge in [-0.15, -0.1) is 0 Å². The monoisotopic (exact) mass is 226 g/mol. The molecule has 1 N–H and O–H groups in total. The van der Waals surface area contributed by atoms with Gasteiger partial charge >= 0.3 is 11.4 Å². The van der Waals surface area contributed by atoms with Gasteiger partial charge in [0.2, 0.25) is 0 Å². The summed E-state index contributed by atoms with van der Waals surface area (Å²) in [6.45, 7) is -0.0230. The molecule has 16 heavy (non-hydrogen) atoms. The van der Waals surface area contributed by atoms with Gasteiger partial charge in [0, 0.05) is 18.7 Å². The average molecular weight is 226 g/mol. The van der Waals surface area contributed by atoms with Crippen LogP contribution in [0.4, 0.5) is 11.4 Å². The Labute approximate surface area is 90.6 Å². The first kappa shape index (κ1) is 12.1. The SMILES string of the molecule is O=[N+]([O-])c1ccc(CCCO)cc1[N+](=O)[O-]. The Bertz CT molecular complexity index is 418. The van der Waals surface area contributed by atoms with Gasteiger partial charge in [-0.3, -0.25) is 20.2 Å². The summed E-state index contributed by atoms with van der Waals surface area (Å²) >= 11 is 0.